The van der Waals surface area contributed by atoms with Crippen molar-refractivity contribution in [2.24, 2.45) is 0 Å². The Morgan fingerprint density at radius 1 is 1.50 bits per heavy atom. The number of nitrogens with one attached hydrogen (secondary N) is 1. The molecule has 2 atom stereocenters. The standard InChI is InChI=1S/C16H14Cl2N2O2/c1-9(11-5-4-10(17)7-13(11)18)15(21)20-14-8-22-16-12(14)3-2-6-19-16/h2-7,9,14H,8H2,1H3,(H,20,21)/i1D3. The highest BCUT2D eigenvalue weighted by atomic mass is 35.5. The van der Waals surface area contributed by atoms with Gasteiger partial charge in [0, 0.05) is 25.9 Å². The van der Waals surface area contributed by atoms with E-state index in [9.17, 15) is 4.79 Å². The Labute approximate surface area is 142 Å². The second kappa shape index (κ2) is 6.15. The van der Waals surface area contributed by atoms with Gasteiger partial charge >= 0.3 is 0 Å². The van der Waals surface area contributed by atoms with Gasteiger partial charge in [-0.1, -0.05) is 29.3 Å². The van der Waals surface area contributed by atoms with Crippen LogP contribution in [-0.2, 0) is 4.79 Å². The topological polar surface area (TPSA) is 51.2 Å². The largest absolute Gasteiger partial charge is 0.475 e. The number of aromatic nitrogens is 1. The van der Waals surface area contributed by atoms with Crippen molar-refractivity contribution in [3.8, 4) is 5.88 Å². The van der Waals surface area contributed by atoms with E-state index in [0.29, 0.717) is 16.5 Å². The van der Waals surface area contributed by atoms with E-state index in [1.54, 1.807) is 18.3 Å². The van der Waals surface area contributed by atoms with E-state index < -0.39 is 24.7 Å². The molecule has 1 aliphatic heterocycles. The molecular weight excluding hydrogens is 323 g/mol. The number of ether oxygens (including phenoxy) is 1. The summed E-state index contributed by atoms with van der Waals surface area (Å²) < 4.78 is 28.7. The van der Waals surface area contributed by atoms with Crippen molar-refractivity contribution < 1.29 is 13.6 Å². The van der Waals surface area contributed by atoms with Crippen molar-refractivity contribution in [1.29, 1.82) is 0 Å². The van der Waals surface area contributed by atoms with Gasteiger partial charge in [-0.2, -0.15) is 0 Å². The first-order valence-corrected chi connectivity index (χ1v) is 7.36. The van der Waals surface area contributed by atoms with Crippen LogP contribution in [0.15, 0.2) is 36.5 Å². The zero-order valence-corrected chi connectivity index (χ0v) is 12.9. The second-order valence-electron chi connectivity index (χ2n) is 4.87. The molecule has 2 aromatic rings. The third kappa shape index (κ3) is 2.89. The van der Waals surface area contributed by atoms with Crippen molar-refractivity contribution in [1.82, 2.24) is 10.3 Å². The fraction of sp³-hybridized carbons (Fsp3) is 0.250. The van der Waals surface area contributed by atoms with Gasteiger partial charge in [0.25, 0.3) is 0 Å². The van der Waals surface area contributed by atoms with Gasteiger partial charge in [0.15, 0.2) is 0 Å². The van der Waals surface area contributed by atoms with E-state index in [2.05, 4.69) is 10.3 Å². The van der Waals surface area contributed by atoms with Gasteiger partial charge < -0.3 is 10.1 Å². The highest BCUT2D eigenvalue weighted by Gasteiger charge is 2.28. The third-order valence-electron chi connectivity index (χ3n) is 3.41. The van der Waals surface area contributed by atoms with Crippen molar-refractivity contribution in [3.63, 3.8) is 0 Å². The molecule has 114 valence electrons. The smallest absolute Gasteiger partial charge is 0.227 e. The molecule has 0 saturated heterocycles. The van der Waals surface area contributed by atoms with Crippen LogP contribution in [0.4, 0.5) is 0 Å². The molecule has 0 spiro atoms. The molecule has 1 amide bonds. The summed E-state index contributed by atoms with van der Waals surface area (Å²) in [6.07, 6.45) is 1.59. The van der Waals surface area contributed by atoms with Crippen LogP contribution >= 0.6 is 23.2 Å². The number of nitrogens with zero attached hydrogens (tertiary/aromatic N) is 1. The van der Waals surface area contributed by atoms with Gasteiger partial charge in [0.1, 0.15) is 6.61 Å². The Morgan fingerprint density at radius 3 is 3.14 bits per heavy atom. The molecule has 0 bridgehead atoms. The first kappa shape index (κ1) is 11.7. The lowest BCUT2D eigenvalue weighted by atomic mass is 9.99. The molecule has 0 fully saturated rings. The number of hydrogen-bond acceptors (Lipinski definition) is 3. The summed E-state index contributed by atoms with van der Waals surface area (Å²) in [5, 5.41) is 3.22. The molecule has 1 aromatic carbocycles. The normalized spacial score (nSPS) is 20.1. The molecule has 4 nitrogen and oxygen atoms in total. The van der Waals surface area contributed by atoms with E-state index in [1.165, 1.54) is 18.2 Å². The van der Waals surface area contributed by atoms with Crippen molar-refractivity contribution in [3.05, 3.63) is 57.7 Å². The predicted octanol–water partition coefficient (Wildman–Crippen LogP) is 3.74. The lowest BCUT2D eigenvalue weighted by molar-refractivity contribution is -0.123. The number of halogens is 2. The minimum atomic E-state index is -2.57. The number of carbonyl (C=O) groups excluding carboxylic acids is 1. The van der Waals surface area contributed by atoms with Crippen LogP contribution in [0.3, 0.4) is 0 Å². The minimum absolute atomic E-state index is 0.133. The fourth-order valence-electron chi connectivity index (χ4n) is 2.29. The summed E-state index contributed by atoms with van der Waals surface area (Å²) in [5.74, 6) is -1.64. The number of carbonyl (C=O) groups is 1. The molecule has 22 heavy (non-hydrogen) atoms. The van der Waals surface area contributed by atoms with Gasteiger partial charge in [-0.3, -0.25) is 4.79 Å². The molecule has 3 rings (SSSR count). The van der Waals surface area contributed by atoms with Gasteiger partial charge in [0.05, 0.1) is 12.0 Å². The van der Waals surface area contributed by atoms with Crippen LogP contribution < -0.4 is 10.1 Å². The van der Waals surface area contributed by atoms with Gasteiger partial charge in [-0.05, 0) is 36.7 Å². The molecule has 1 aliphatic rings. The number of rotatable bonds is 3. The number of benzene rings is 1. The molecule has 1 aromatic heterocycles. The van der Waals surface area contributed by atoms with Gasteiger partial charge in [0.2, 0.25) is 11.8 Å². The Balaban J connectivity index is 1.89. The molecule has 0 radical (unpaired) electrons. The molecule has 6 heteroatoms. The van der Waals surface area contributed by atoms with Crippen LogP contribution in [-0.4, -0.2) is 17.5 Å². The molecular formula is C16H14Cl2N2O2. The zero-order chi connectivity index (χ0) is 18.2. The lowest BCUT2D eigenvalue weighted by Crippen LogP contribution is -2.32. The maximum Gasteiger partial charge on any atom is 0.227 e. The Kier molecular flexibility index (Phi) is 3.28. The van der Waals surface area contributed by atoms with Crippen molar-refractivity contribution >= 4 is 29.1 Å². The minimum Gasteiger partial charge on any atom is -0.475 e. The maximum atomic E-state index is 12.8. The Morgan fingerprint density at radius 2 is 2.36 bits per heavy atom. The maximum absolute atomic E-state index is 12.8. The summed E-state index contributed by atoms with van der Waals surface area (Å²) in [6, 6.07) is 7.42. The summed E-state index contributed by atoms with van der Waals surface area (Å²) in [6.45, 7) is -2.38. The van der Waals surface area contributed by atoms with E-state index in [1.807, 2.05) is 0 Å². The van der Waals surface area contributed by atoms with Gasteiger partial charge in [-0.15, -0.1) is 0 Å². The van der Waals surface area contributed by atoms with Crippen LogP contribution in [0.2, 0.25) is 10.0 Å². The van der Waals surface area contributed by atoms with E-state index in [-0.39, 0.29) is 17.2 Å². The number of pyridine rings is 1. The van der Waals surface area contributed by atoms with Gasteiger partial charge in [-0.25, -0.2) is 4.98 Å². The summed E-state index contributed by atoms with van der Waals surface area (Å²) in [4.78, 5) is 16.8. The van der Waals surface area contributed by atoms with E-state index in [0.717, 1.165) is 0 Å². The van der Waals surface area contributed by atoms with E-state index >= 15 is 0 Å². The van der Waals surface area contributed by atoms with Crippen molar-refractivity contribution in [2.45, 2.75) is 18.8 Å². The Bertz CT molecular complexity index is 814. The average molecular weight is 340 g/mol. The quantitative estimate of drug-likeness (QED) is 0.926. The zero-order valence-electron chi connectivity index (χ0n) is 14.3. The summed E-state index contributed by atoms with van der Waals surface area (Å²) in [5.41, 5.74) is 0.913. The van der Waals surface area contributed by atoms with Crippen LogP contribution in [0.1, 0.15) is 34.1 Å². The Hall–Kier alpha value is -1.78. The van der Waals surface area contributed by atoms with Crippen LogP contribution in [0, 0.1) is 0 Å². The first-order chi connectivity index (χ1) is 11.8. The highest BCUT2D eigenvalue weighted by Crippen LogP contribution is 2.31. The first-order valence-electron chi connectivity index (χ1n) is 8.10. The fourth-order valence-corrected chi connectivity index (χ4v) is 2.81. The molecule has 0 aliphatic carbocycles. The SMILES string of the molecule is [2H]C([2H])([2H])C(C(=O)NC1COc2ncccc21)c1ccc(Cl)cc1Cl. The van der Waals surface area contributed by atoms with Crippen LogP contribution in [0.5, 0.6) is 5.88 Å². The summed E-state index contributed by atoms with van der Waals surface area (Å²) >= 11 is 12.0. The third-order valence-corrected chi connectivity index (χ3v) is 3.98. The molecule has 0 saturated carbocycles. The lowest BCUT2D eigenvalue weighted by Gasteiger charge is -2.17. The monoisotopic (exact) mass is 339 g/mol. The van der Waals surface area contributed by atoms with E-state index in [4.69, 9.17) is 32.1 Å². The number of fused-ring (bicyclic) bond motifs is 1. The predicted molar refractivity (Wildman–Crippen MR) is 85.5 cm³/mol. The average Bonchev–Trinajstić information content (AvgIpc) is 2.92. The molecule has 1 N–H and O–H groups in total. The van der Waals surface area contributed by atoms with Crippen molar-refractivity contribution in [2.75, 3.05) is 6.61 Å². The molecule has 2 heterocycles. The number of amides is 1. The van der Waals surface area contributed by atoms with Crippen LogP contribution in [0.25, 0.3) is 0 Å². The number of hydrogen-bond donors (Lipinski definition) is 1. The molecule has 2 unspecified atom stereocenters. The summed E-state index contributed by atoms with van der Waals surface area (Å²) in [7, 11) is 0. The highest BCUT2D eigenvalue weighted by molar-refractivity contribution is 6.35. The second-order valence-corrected chi connectivity index (χ2v) is 5.71.